The Kier molecular flexibility index (Phi) is 4.76. The summed E-state index contributed by atoms with van der Waals surface area (Å²) in [6, 6.07) is 9.54. The number of rotatable bonds is 4. The van der Waals surface area contributed by atoms with Crippen LogP contribution in [0.3, 0.4) is 0 Å². The van der Waals surface area contributed by atoms with Gasteiger partial charge in [-0.2, -0.15) is 0 Å². The van der Waals surface area contributed by atoms with E-state index in [9.17, 15) is 9.18 Å². The minimum atomic E-state index is -0.512. The van der Waals surface area contributed by atoms with Crippen LogP contribution in [0.25, 0.3) is 0 Å². The highest BCUT2D eigenvalue weighted by Crippen LogP contribution is 2.20. The van der Waals surface area contributed by atoms with Crippen molar-refractivity contribution in [1.82, 2.24) is 4.98 Å². The average molecular weight is 297 g/mol. The molecule has 1 aromatic carbocycles. The van der Waals surface area contributed by atoms with Gasteiger partial charge in [-0.15, -0.1) is 0 Å². The highest BCUT2D eigenvalue weighted by atomic mass is 35.5. The summed E-state index contributed by atoms with van der Waals surface area (Å²) < 4.78 is 12.9. The van der Waals surface area contributed by atoms with Crippen LogP contribution >= 0.6 is 23.4 Å². The molecular formula is C13H10ClFN2OS. The molecule has 0 saturated heterocycles. The fourth-order valence-electron chi connectivity index (χ4n) is 1.34. The number of carbonyl (C=O) groups is 1. The maximum Gasteiger partial charge on any atom is 0.234 e. The Hall–Kier alpha value is -1.59. The summed E-state index contributed by atoms with van der Waals surface area (Å²) in [6.45, 7) is 0. The van der Waals surface area contributed by atoms with Crippen molar-refractivity contribution in [3.8, 4) is 0 Å². The SMILES string of the molecule is O=C(CSc1ccccn1)Nc1ccc(F)c(Cl)c1. The summed E-state index contributed by atoms with van der Waals surface area (Å²) in [4.78, 5) is 15.8. The maximum absolute atomic E-state index is 12.9. The lowest BCUT2D eigenvalue weighted by molar-refractivity contribution is -0.113. The van der Waals surface area contributed by atoms with Crippen LogP contribution in [0.5, 0.6) is 0 Å². The third kappa shape index (κ3) is 4.22. The van der Waals surface area contributed by atoms with Gasteiger partial charge in [-0.1, -0.05) is 29.4 Å². The highest BCUT2D eigenvalue weighted by Gasteiger charge is 2.06. The molecule has 2 rings (SSSR count). The van der Waals surface area contributed by atoms with Gasteiger partial charge in [0.15, 0.2) is 0 Å². The van der Waals surface area contributed by atoms with Crippen molar-refractivity contribution in [2.45, 2.75) is 5.03 Å². The van der Waals surface area contributed by atoms with Crippen molar-refractivity contribution < 1.29 is 9.18 Å². The number of carbonyl (C=O) groups excluding carboxylic acids is 1. The van der Waals surface area contributed by atoms with E-state index in [2.05, 4.69) is 10.3 Å². The molecule has 0 atom stereocenters. The minimum Gasteiger partial charge on any atom is -0.325 e. The third-order valence-corrected chi connectivity index (χ3v) is 3.43. The van der Waals surface area contributed by atoms with Crippen molar-refractivity contribution in [2.75, 3.05) is 11.1 Å². The first-order valence-corrected chi connectivity index (χ1v) is 6.80. The molecule has 1 aromatic heterocycles. The maximum atomic E-state index is 12.9. The Morgan fingerprint density at radius 3 is 2.89 bits per heavy atom. The summed E-state index contributed by atoms with van der Waals surface area (Å²) in [5, 5.41) is 3.40. The Bertz CT molecular complexity index is 580. The topological polar surface area (TPSA) is 42.0 Å². The van der Waals surface area contributed by atoms with E-state index in [4.69, 9.17) is 11.6 Å². The van der Waals surface area contributed by atoms with Gasteiger partial charge in [0.05, 0.1) is 15.8 Å². The lowest BCUT2D eigenvalue weighted by Gasteiger charge is -2.05. The number of amides is 1. The fourth-order valence-corrected chi connectivity index (χ4v) is 2.18. The van der Waals surface area contributed by atoms with Gasteiger partial charge in [-0.05, 0) is 30.3 Å². The van der Waals surface area contributed by atoms with Gasteiger partial charge in [0.2, 0.25) is 5.91 Å². The molecule has 0 bridgehead atoms. The Labute approximate surface area is 119 Å². The molecular weight excluding hydrogens is 287 g/mol. The number of pyridine rings is 1. The molecule has 0 unspecified atom stereocenters. The quantitative estimate of drug-likeness (QED) is 0.877. The number of hydrogen-bond acceptors (Lipinski definition) is 3. The molecule has 0 aliphatic carbocycles. The van der Waals surface area contributed by atoms with E-state index in [0.29, 0.717) is 5.69 Å². The fraction of sp³-hybridized carbons (Fsp3) is 0.0769. The molecule has 1 amide bonds. The molecule has 0 aliphatic rings. The van der Waals surface area contributed by atoms with Crippen LogP contribution in [-0.4, -0.2) is 16.6 Å². The van der Waals surface area contributed by atoms with Crippen LogP contribution < -0.4 is 5.32 Å². The first-order valence-electron chi connectivity index (χ1n) is 5.44. The van der Waals surface area contributed by atoms with Crippen LogP contribution in [0.4, 0.5) is 10.1 Å². The lowest BCUT2D eigenvalue weighted by atomic mass is 10.3. The summed E-state index contributed by atoms with van der Waals surface area (Å²) in [5.41, 5.74) is 0.470. The van der Waals surface area contributed by atoms with E-state index >= 15 is 0 Å². The lowest BCUT2D eigenvalue weighted by Crippen LogP contribution is -2.14. The van der Waals surface area contributed by atoms with E-state index in [1.807, 2.05) is 18.2 Å². The van der Waals surface area contributed by atoms with Crippen LogP contribution in [0.1, 0.15) is 0 Å². The Morgan fingerprint density at radius 2 is 2.21 bits per heavy atom. The molecule has 0 saturated carbocycles. The summed E-state index contributed by atoms with van der Waals surface area (Å²) in [5.74, 6) is -0.479. The van der Waals surface area contributed by atoms with Crippen molar-refractivity contribution in [2.24, 2.45) is 0 Å². The number of benzene rings is 1. The van der Waals surface area contributed by atoms with E-state index in [1.54, 1.807) is 6.20 Å². The second kappa shape index (κ2) is 6.54. The average Bonchev–Trinajstić information content (AvgIpc) is 2.42. The molecule has 19 heavy (non-hydrogen) atoms. The van der Waals surface area contributed by atoms with E-state index in [0.717, 1.165) is 5.03 Å². The van der Waals surface area contributed by atoms with Gasteiger partial charge < -0.3 is 5.32 Å². The molecule has 6 heteroatoms. The number of nitrogens with zero attached hydrogens (tertiary/aromatic N) is 1. The molecule has 0 fully saturated rings. The molecule has 0 aliphatic heterocycles. The number of nitrogens with one attached hydrogen (secondary N) is 1. The zero-order valence-electron chi connectivity index (χ0n) is 9.77. The van der Waals surface area contributed by atoms with Gasteiger partial charge in [-0.25, -0.2) is 9.37 Å². The third-order valence-electron chi connectivity index (χ3n) is 2.19. The largest absolute Gasteiger partial charge is 0.325 e. The Morgan fingerprint density at radius 1 is 1.37 bits per heavy atom. The van der Waals surface area contributed by atoms with Crippen molar-refractivity contribution in [3.63, 3.8) is 0 Å². The second-order valence-electron chi connectivity index (χ2n) is 3.63. The number of thioether (sulfide) groups is 1. The van der Waals surface area contributed by atoms with Gasteiger partial charge in [0.25, 0.3) is 0 Å². The number of hydrogen-bond donors (Lipinski definition) is 1. The molecule has 1 N–H and O–H groups in total. The first-order chi connectivity index (χ1) is 9.15. The van der Waals surface area contributed by atoms with Crippen LogP contribution in [0, 0.1) is 5.82 Å². The zero-order chi connectivity index (χ0) is 13.7. The summed E-state index contributed by atoms with van der Waals surface area (Å²) >= 11 is 6.95. The molecule has 0 radical (unpaired) electrons. The Balaban J connectivity index is 1.89. The molecule has 0 spiro atoms. The number of anilines is 1. The van der Waals surface area contributed by atoms with Crippen molar-refractivity contribution in [3.05, 3.63) is 53.4 Å². The molecule has 3 nitrogen and oxygen atoms in total. The number of aromatic nitrogens is 1. The van der Waals surface area contributed by atoms with Gasteiger partial charge in [-0.3, -0.25) is 4.79 Å². The van der Waals surface area contributed by atoms with Gasteiger partial charge in [0.1, 0.15) is 5.82 Å². The van der Waals surface area contributed by atoms with E-state index in [1.165, 1.54) is 30.0 Å². The smallest absolute Gasteiger partial charge is 0.234 e. The summed E-state index contributed by atoms with van der Waals surface area (Å²) in [7, 11) is 0. The normalized spacial score (nSPS) is 10.2. The highest BCUT2D eigenvalue weighted by molar-refractivity contribution is 7.99. The number of halogens is 2. The molecule has 98 valence electrons. The molecule has 2 aromatic rings. The van der Waals surface area contributed by atoms with Crippen LogP contribution in [0.2, 0.25) is 5.02 Å². The van der Waals surface area contributed by atoms with Gasteiger partial charge >= 0.3 is 0 Å². The monoisotopic (exact) mass is 296 g/mol. The molecule has 1 heterocycles. The van der Waals surface area contributed by atoms with E-state index < -0.39 is 5.82 Å². The van der Waals surface area contributed by atoms with Crippen molar-refractivity contribution >= 4 is 35.0 Å². The predicted octanol–water partition coefficient (Wildman–Crippen LogP) is 3.60. The van der Waals surface area contributed by atoms with Crippen LogP contribution in [0.15, 0.2) is 47.6 Å². The predicted molar refractivity (Wildman–Crippen MR) is 75.0 cm³/mol. The standard InChI is InChI=1S/C13H10ClFN2OS/c14-10-7-9(4-5-11(10)15)17-12(18)8-19-13-3-1-2-6-16-13/h1-7H,8H2,(H,17,18). The van der Waals surface area contributed by atoms with Crippen LogP contribution in [-0.2, 0) is 4.79 Å². The second-order valence-corrected chi connectivity index (χ2v) is 5.04. The summed E-state index contributed by atoms with van der Waals surface area (Å²) in [6.07, 6.45) is 1.67. The minimum absolute atomic E-state index is 0.0184. The first kappa shape index (κ1) is 13.8. The van der Waals surface area contributed by atoms with Gasteiger partial charge in [0, 0.05) is 11.9 Å². The zero-order valence-corrected chi connectivity index (χ0v) is 11.3. The van der Waals surface area contributed by atoms with E-state index in [-0.39, 0.29) is 16.7 Å². The van der Waals surface area contributed by atoms with Crippen molar-refractivity contribution in [1.29, 1.82) is 0 Å².